The lowest BCUT2D eigenvalue weighted by Crippen LogP contribution is -2.34. The molecule has 21 heavy (non-hydrogen) atoms. The maximum Gasteiger partial charge on any atom is 0.140 e. The van der Waals surface area contributed by atoms with E-state index < -0.39 is 0 Å². The van der Waals surface area contributed by atoms with Crippen molar-refractivity contribution in [1.29, 1.82) is 0 Å². The van der Waals surface area contributed by atoms with E-state index in [-0.39, 0.29) is 6.10 Å². The van der Waals surface area contributed by atoms with Gasteiger partial charge in [0.15, 0.2) is 0 Å². The fraction of sp³-hybridized carbons (Fsp3) is 0.643. The summed E-state index contributed by atoms with van der Waals surface area (Å²) >= 11 is 0. The molecule has 1 atom stereocenters. The van der Waals surface area contributed by atoms with E-state index in [1.165, 1.54) is 0 Å². The first-order valence-corrected chi connectivity index (χ1v) is 7.53. The van der Waals surface area contributed by atoms with Crippen LogP contribution in [0.15, 0.2) is 24.8 Å². The number of hydrogen-bond acceptors (Lipinski definition) is 5. The first-order chi connectivity index (χ1) is 10.3. The van der Waals surface area contributed by atoms with Crippen molar-refractivity contribution in [1.82, 2.24) is 29.4 Å². The topological polar surface area (TPSA) is 61.0 Å². The molecular formula is C14H22N6O. The van der Waals surface area contributed by atoms with Gasteiger partial charge in [-0.2, -0.15) is 10.2 Å². The number of hydrogen-bond donors (Lipinski definition) is 0. The molecule has 2 aromatic rings. The summed E-state index contributed by atoms with van der Waals surface area (Å²) in [5, 5.41) is 8.50. The Morgan fingerprint density at radius 1 is 1.38 bits per heavy atom. The van der Waals surface area contributed by atoms with Crippen molar-refractivity contribution in [2.24, 2.45) is 0 Å². The van der Waals surface area contributed by atoms with Gasteiger partial charge in [-0.15, -0.1) is 0 Å². The Bertz CT molecular complexity index is 537. The van der Waals surface area contributed by atoms with Gasteiger partial charge < -0.3 is 4.74 Å². The summed E-state index contributed by atoms with van der Waals surface area (Å²) in [6.45, 7) is 7.31. The molecule has 1 aliphatic rings. The zero-order chi connectivity index (χ0) is 14.5. The third-order valence-corrected chi connectivity index (χ3v) is 3.74. The van der Waals surface area contributed by atoms with E-state index in [1.54, 1.807) is 12.5 Å². The molecule has 0 aromatic carbocycles. The summed E-state index contributed by atoms with van der Waals surface area (Å²) in [5.41, 5.74) is 0. The van der Waals surface area contributed by atoms with Crippen molar-refractivity contribution in [3.63, 3.8) is 0 Å². The minimum atomic E-state index is 0.172. The van der Waals surface area contributed by atoms with Crippen LogP contribution in [0.2, 0.25) is 0 Å². The lowest BCUT2D eigenvalue weighted by molar-refractivity contribution is 0.0387. The van der Waals surface area contributed by atoms with E-state index in [0.29, 0.717) is 0 Å². The van der Waals surface area contributed by atoms with Gasteiger partial charge in [0.2, 0.25) is 0 Å². The second kappa shape index (κ2) is 6.82. The van der Waals surface area contributed by atoms with Crippen LogP contribution < -0.4 is 0 Å². The minimum absolute atomic E-state index is 0.172. The molecule has 3 rings (SSSR count). The fourth-order valence-corrected chi connectivity index (χ4v) is 2.72. The van der Waals surface area contributed by atoms with Gasteiger partial charge in [0.05, 0.1) is 19.2 Å². The molecule has 114 valence electrons. The normalized spacial score (nSPS) is 20.5. The molecule has 0 spiro atoms. The molecule has 1 saturated heterocycles. The maximum atomic E-state index is 5.94. The number of aryl methyl sites for hydroxylation is 1. The van der Waals surface area contributed by atoms with Gasteiger partial charge in [-0.3, -0.25) is 9.58 Å². The number of ether oxygens (including phenoxy) is 1. The molecular weight excluding hydrogens is 268 g/mol. The number of rotatable bonds is 5. The Morgan fingerprint density at radius 2 is 2.33 bits per heavy atom. The van der Waals surface area contributed by atoms with E-state index in [1.807, 2.05) is 21.6 Å². The molecule has 0 N–H and O–H groups in total. The molecule has 0 bridgehead atoms. The van der Waals surface area contributed by atoms with E-state index in [4.69, 9.17) is 4.74 Å². The lowest BCUT2D eigenvalue weighted by Gasteiger charge is -2.23. The van der Waals surface area contributed by atoms with Gasteiger partial charge in [-0.1, -0.05) is 0 Å². The maximum absolute atomic E-state index is 5.94. The van der Waals surface area contributed by atoms with E-state index in [9.17, 15) is 0 Å². The summed E-state index contributed by atoms with van der Waals surface area (Å²) in [4.78, 5) is 6.76. The van der Waals surface area contributed by atoms with Gasteiger partial charge >= 0.3 is 0 Å². The highest BCUT2D eigenvalue weighted by atomic mass is 16.5. The quantitative estimate of drug-likeness (QED) is 0.814. The Balaban J connectivity index is 1.62. The average Bonchev–Trinajstić information content (AvgIpc) is 3.09. The first kappa shape index (κ1) is 14.2. The zero-order valence-electron chi connectivity index (χ0n) is 12.4. The molecule has 7 heteroatoms. The van der Waals surface area contributed by atoms with Gasteiger partial charge in [-0.05, 0) is 19.4 Å². The Hall–Kier alpha value is -1.73. The van der Waals surface area contributed by atoms with Crippen LogP contribution in [0.1, 0.15) is 19.2 Å². The largest absolute Gasteiger partial charge is 0.375 e. The molecule has 0 aliphatic carbocycles. The monoisotopic (exact) mass is 290 g/mol. The smallest absolute Gasteiger partial charge is 0.140 e. The van der Waals surface area contributed by atoms with Crippen LogP contribution in [0.4, 0.5) is 0 Å². The lowest BCUT2D eigenvalue weighted by atomic mass is 10.3. The van der Waals surface area contributed by atoms with Crippen molar-refractivity contribution in [3.8, 4) is 0 Å². The standard InChI is InChI=1S/C14H22N6O/c1-2-20-14(15-12-17-20)11-18-6-4-8-21-13(9-18)10-19-7-3-5-16-19/h3,5,7,12-13H,2,4,6,8-11H2,1H3. The Labute approximate surface area is 124 Å². The van der Waals surface area contributed by atoms with Gasteiger partial charge in [-0.25, -0.2) is 9.67 Å². The summed E-state index contributed by atoms with van der Waals surface area (Å²) in [6.07, 6.45) is 6.64. The highest BCUT2D eigenvalue weighted by Crippen LogP contribution is 2.11. The number of nitrogens with zero attached hydrogens (tertiary/aromatic N) is 6. The predicted molar refractivity (Wildman–Crippen MR) is 77.6 cm³/mol. The van der Waals surface area contributed by atoms with Crippen molar-refractivity contribution in [3.05, 3.63) is 30.6 Å². The minimum Gasteiger partial charge on any atom is -0.375 e. The predicted octanol–water partition coefficient (Wildman–Crippen LogP) is 0.786. The van der Waals surface area contributed by atoms with Crippen LogP contribution in [0.25, 0.3) is 0 Å². The summed E-state index contributed by atoms with van der Waals surface area (Å²) in [5.74, 6) is 1.03. The summed E-state index contributed by atoms with van der Waals surface area (Å²) in [7, 11) is 0. The van der Waals surface area contributed by atoms with Crippen molar-refractivity contribution < 1.29 is 4.74 Å². The highest BCUT2D eigenvalue weighted by Gasteiger charge is 2.20. The molecule has 0 saturated carbocycles. The van der Waals surface area contributed by atoms with Crippen LogP contribution >= 0.6 is 0 Å². The van der Waals surface area contributed by atoms with Crippen molar-refractivity contribution in [2.45, 2.75) is 39.1 Å². The van der Waals surface area contributed by atoms with Crippen LogP contribution in [0, 0.1) is 0 Å². The van der Waals surface area contributed by atoms with Crippen LogP contribution in [-0.4, -0.2) is 55.2 Å². The second-order valence-electron chi connectivity index (χ2n) is 5.30. The molecule has 2 aromatic heterocycles. The average molecular weight is 290 g/mol. The fourth-order valence-electron chi connectivity index (χ4n) is 2.72. The third kappa shape index (κ3) is 3.68. The van der Waals surface area contributed by atoms with Crippen molar-refractivity contribution >= 4 is 0 Å². The zero-order valence-corrected chi connectivity index (χ0v) is 12.4. The van der Waals surface area contributed by atoms with Crippen LogP contribution in [0.3, 0.4) is 0 Å². The SMILES string of the molecule is CCn1ncnc1CN1CCCOC(Cn2cccn2)C1. The van der Waals surface area contributed by atoms with Crippen molar-refractivity contribution in [2.75, 3.05) is 19.7 Å². The molecule has 7 nitrogen and oxygen atoms in total. The highest BCUT2D eigenvalue weighted by molar-refractivity contribution is 4.86. The molecule has 0 amide bonds. The molecule has 1 aliphatic heterocycles. The molecule has 0 radical (unpaired) electrons. The number of aromatic nitrogens is 5. The summed E-state index contributed by atoms with van der Waals surface area (Å²) < 4.78 is 9.82. The Kier molecular flexibility index (Phi) is 4.62. The molecule has 3 heterocycles. The second-order valence-corrected chi connectivity index (χ2v) is 5.30. The van der Waals surface area contributed by atoms with E-state index in [2.05, 4.69) is 27.0 Å². The first-order valence-electron chi connectivity index (χ1n) is 7.53. The van der Waals surface area contributed by atoms with Gasteiger partial charge in [0.25, 0.3) is 0 Å². The Morgan fingerprint density at radius 3 is 3.14 bits per heavy atom. The van der Waals surface area contributed by atoms with Crippen LogP contribution in [0.5, 0.6) is 0 Å². The van der Waals surface area contributed by atoms with E-state index >= 15 is 0 Å². The molecule has 1 fully saturated rings. The molecule has 1 unspecified atom stereocenters. The third-order valence-electron chi connectivity index (χ3n) is 3.74. The summed E-state index contributed by atoms with van der Waals surface area (Å²) in [6, 6.07) is 1.94. The van der Waals surface area contributed by atoms with E-state index in [0.717, 1.165) is 51.6 Å². The van der Waals surface area contributed by atoms with Crippen LogP contribution in [-0.2, 0) is 24.4 Å². The van der Waals surface area contributed by atoms with Gasteiger partial charge in [0.1, 0.15) is 12.2 Å². The van der Waals surface area contributed by atoms with Gasteiger partial charge in [0, 0.05) is 38.6 Å².